The van der Waals surface area contributed by atoms with E-state index >= 15 is 0 Å². The van der Waals surface area contributed by atoms with Crippen molar-refractivity contribution < 1.29 is 4.74 Å². The molecule has 0 aromatic heterocycles. The van der Waals surface area contributed by atoms with Gasteiger partial charge in [0, 0.05) is 24.0 Å². The van der Waals surface area contributed by atoms with E-state index in [1.165, 1.54) is 0 Å². The van der Waals surface area contributed by atoms with E-state index in [4.69, 9.17) is 4.74 Å². The van der Waals surface area contributed by atoms with Gasteiger partial charge in [-0.2, -0.15) is 10.2 Å². The maximum Gasteiger partial charge on any atom is 0.0952 e. The van der Waals surface area contributed by atoms with E-state index in [-0.39, 0.29) is 5.60 Å². The fraction of sp³-hybridized carbons (Fsp3) is 0.429. The predicted molar refractivity (Wildman–Crippen MR) is 109 cm³/mol. The summed E-state index contributed by atoms with van der Waals surface area (Å²) < 4.78 is 5.84. The molecule has 4 heteroatoms. The van der Waals surface area contributed by atoms with Crippen LogP contribution in [0.25, 0.3) is 5.70 Å². The highest BCUT2D eigenvalue weighted by molar-refractivity contribution is 6.12. The molecule has 0 fully saturated rings. The summed E-state index contributed by atoms with van der Waals surface area (Å²) in [5.74, 6) is 0. The van der Waals surface area contributed by atoms with Crippen LogP contribution in [0.1, 0.15) is 52.2 Å². The fourth-order valence-corrected chi connectivity index (χ4v) is 2.07. The lowest BCUT2D eigenvalue weighted by Crippen LogP contribution is -2.28. The Morgan fingerprint density at radius 3 is 2.32 bits per heavy atom. The molecule has 1 N–H and O–H groups in total. The van der Waals surface area contributed by atoms with Crippen molar-refractivity contribution in [2.75, 3.05) is 13.2 Å². The zero-order chi connectivity index (χ0) is 18.9. The van der Waals surface area contributed by atoms with Gasteiger partial charge in [0.15, 0.2) is 0 Å². The molecule has 0 saturated carbocycles. The first kappa shape index (κ1) is 20.8. The zero-order valence-electron chi connectivity index (χ0n) is 16.2. The quantitative estimate of drug-likeness (QED) is 0.377. The Labute approximate surface area is 152 Å². The molecule has 0 unspecified atom stereocenters. The minimum atomic E-state index is -0.0794. The average molecular weight is 341 g/mol. The average Bonchev–Trinajstić information content (AvgIpc) is 2.59. The van der Waals surface area contributed by atoms with E-state index in [2.05, 4.69) is 49.4 Å². The number of ether oxygens (including phenoxy) is 1. The van der Waals surface area contributed by atoms with Gasteiger partial charge in [-0.05, 0) is 45.3 Å². The highest BCUT2D eigenvalue weighted by atomic mass is 16.5. The molecule has 136 valence electrons. The molecule has 1 aromatic carbocycles. The topological polar surface area (TPSA) is 46.0 Å². The van der Waals surface area contributed by atoms with E-state index < -0.39 is 0 Å². The first-order valence-corrected chi connectivity index (χ1v) is 8.69. The molecule has 25 heavy (non-hydrogen) atoms. The normalized spacial score (nSPS) is 12.4. The van der Waals surface area contributed by atoms with Gasteiger partial charge in [-0.3, -0.25) is 0 Å². The van der Waals surface area contributed by atoms with Crippen LogP contribution in [-0.2, 0) is 4.74 Å². The van der Waals surface area contributed by atoms with Gasteiger partial charge in [0.1, 0.15) is 0 Å². The summed E-state index contributed by atoms with van der Waals surface area (Å²) in [6.07, 6.45) is 2.65. The first-order chi connectivity index (χ1) is 11.8. The van der Waals surface area contributed by atoms with Crippen molar-refractivity contribution in [3.63, 3.8) is 0 Å². The van der Waals surface area contributed by atoms with Gasteiger partial charge in [-0.1, -0.05) is 44.3 Å². The van der Waals surface area contributed by atoms with Crippen LogP contribution in [0.15, 0.2) is 53.2 Å². The predicted octanol–water partition coefficient (Wildman–Crippen LogP) is 4.82. The number of benzene rings is 1. The number of allylic oxidation sites excluding steroid dienone is 1. The van der Waals surface area contributed by atoms with Crippen LogP contribution in [0.4, 0.5) is 0 Å². The molecule has 0 aliphatic carbocycles. The van der Waals surface area contributed by atoms with Gasteiger partial charge < -0.3 is 10.1 Å². The van der Waals surface area contributed by atoms with Crippen molar-refractivity contribution in [2.24, 2.45) is 10.2 Å². The summed E-state index contributed by atoms with van der Waals surface area (Å²) in [4.78, 5) is 0. The van der Waals surface area contributed by atoms with Crippen LogP contribution in [0.5, 0.6) is 0 Å². The molecule has 0 amide bonds. The Balaban J connectivity index is 2.66. The van der Waals surface area contributed by atoms with Crippen molar-refractivity contribution >= 4 is 17.6 Å². The smallest absolute Gasteiger partial charge is 0.0952 e. The molecule has 0 aliphatic rings. The molecule has 0 aliphatic heterocycles. The fourth-order valence-electron chi connectivity index (χ4n) is 2.07. The lowest BCUT2D eigenvalue weighted by molar-refractivity contribution is -0.0169. The second-order valence-electron chi connectivity index (χ2n) is 6.55. The molecule has 4 nitrogen and oxygen atoms in total. The van der Waals surface area contributed by atoms with E-state index in [1.807, 2.05) is 38.1 Å². The van der Waals surface area contributed by atoms with Crippen molar-refractivity contribution in [1.29, 1.82) is 0 Å². The Hall–Kier alpha value is -2.20. The summed E-state index contributed by atoms with van der Waals surface area (Å²) >= 11 is 0. The first-order valence-electron chi connectivity index (χ1n) is 8.69. The number of rotatable bonds is 10. The third kappa shape index (κ3) is 7.06. The highest BCUT2D eigenvalue weighted by Gasteiger charge is 2.14. The zero-order valence-corrected chi connectivity index (χ0v) is 16.2. The molecule has 1 aromatic rings. The van der Waals surface area contributed by atoms with Crippen molar-refractivity contribution in [3.8, 4) is 0 Å². The molecular weight excluding hydrogens is 310 g/mol. The Morgan fingerprint density at radius 2 is 1.80 bits per heavy atom. The summed E-state index contributed by atoms with van der Waals surface area (Å²) in [6, 6.07) is 8.07. The molecule has 0 heterocycles. The second-order valence-corrected chi connectivity index (χ2v) is 6.55. The number of nitrogens with one attached hydrogen (secondary N) is 1. The third-order valence-electron chi connectivity index (χ3n) is 3.97. The third-order valence-corrected chi connectivity index (χ3v) is 3.97. The maximum absolute atomic E-state index is 5.84. The molecule has 0 bridgehead atoms. The van der Waals surface area contributed by atoms with Gasteiger partial charge >= 0.3 is 0 Å². The lowest BCUT2D eigenvalue weighted by atomic mass is 10.0. The summed E-state index contributed by atoms with van der Waals surface area (Å²) in [7, 11) is 0. The van der Waals surface area contributed by atoms with Crippen molar-refractivity contribution in [1.82, 2.24) is 5.32 Å². The number of hydrogen-bond acceptors (Lipinski definition) is 4. The lowest BCUT2D eigenvalue weighted by Gasteiger charge is -2.23. The molecule has 1 rings (SSSR count). The maximum atomic E-state index is 5.84. The van der Waals surface area contributed by atoms with Crippen LogP contribution in [0.2, 0.25) is 0 Å². The van der Waals surface area contributed by atoms with E-state index in [1.54, 1.807) is 6.21 Å². The van der Waals surface area contributed by atoms with Crippen LogP contribution in [-0.4, -0.2) is 30.7 Å². The number of hydrogen-bond donors (Lipinski definition) is 1. The Morgan fingerprint density at radius 1 is 1.20 bits per heavy atom. The molecule has 0 atom stereocenters. The van der Waals surface area contributed by atoms with Gasteiger partial charge in [-0.25, -0.2) is 0 Å². The molecule has 0 radical (unpaired) electrons. The van der Waals surface area contributed by atoms with Crippen LogP contribution >= 0.6 is 0 Å². The second kappa shape index (κ2) is 9.94. The van der Waals surface area contributed by atoms with Gasteiger partial charge in [-0.15, -0.1) is 0 Å². The minimum absolute atomic E-state index is 0.0794. The highest BCUT2D eigenvalue weighted by Crippen LogP contribution is 2.15. The summed E-state index contributed by atoms with van der Waals surface area (Å²) in [6.45, 7) is 19.5. The summed E-state index contributed by atoms with van der Waals surface area (Å²) in [5, 5.41) is 11.5. The Kier molecular flexibility index (Phi) is 8.29. The van der Waals surface area contributed by atoms with Crippen LogP contribution < -0.4 is 5.32 Å². The Bertz CT molecular complexity index is 640. The summed E-state index contributed by atoms with van der Waals surface area (Å²) in [5.41, 5.74) is 4.50. The van der Waals surface area contributed by atoms with E-state index in [0.29, 0.717) is 6.61 Å². The van der Waals surface area contributed by atoms with Crippen molar-refractivity contribution in [3.05, 3.63) is 54.1 Å². The van der Waals surface area contributed by atoms with Crippen LogP contribution in [0, 0.1) is 0 Å². The van der Waals surface area contributed by atoms with Gasteiger partial charge in [0.2, 0.25) is 0 Å². The SMILES string of the molecule is C=C(C)/C(=N\N=C/C)c1ccc(C(=C)NCCOC(C)(C)CC)cc1. The minimum Gasteiger partial charge on any atom is -0.383 e. The monoisotopic (exact) mass is 341 g/mol. The molecule has 0 spiro atoms. The molecule has 0 saturated heterocycles. The number of nitrogens with zero attached hydrogens (tertiary/aromatic N) is 2. The van der Waals surface area contributed by atoms with Gasteiger partial charge in [0.05, 0.1) is 17.9 Å². The van der Waals surface area contributed by atoms with Crippen LogP contribution in [0.3, 0.4) is 0 Å². The molecular formula is C21H31N3O. The van der Waals surface area contributed by atoms with E-state index in [0.717, 1.165) is 41.1 Å². The van der Waals surface area contributed by atoms with E-state index in [9.17, 15) is 0 Å². The van der Waals surface area contributed by atoms with Gasteiger partial charge in [0.25, 0.3) is 0 Å². The van der Waals surface area contributed by atoms with Crippen molar-refractivity contribution in [2.45, 2.75) is 46.6 Å². The standard InChI is InChI=1S/C21H31N3O/c1-8-21(6,7)25-15-14-22-17(5)18-10-12-19(13-11-18)20(16(3)4)24-23-9-2/h9-13,22H,3,5,8,14-15H2,1-2,4,6-7H3/b23-9-,24-20+. The largest absolute Gasteiger partial charge is 0.383 e.